The van der Waals surface area contributed by atoms with Gasteiger partial charge in [0, 0.05) is 17.3 Å². The highest BCUT2D eigenvalue weighted by Crippen LogP contribution is 2.42. The first-order valence-corrected chi connectivity index (χ1v) is 9.74. The van der Waals surface area contributed by atoms with Crippen molar-refractivity contribution in [3.05, 3.63) is 82.5 Å². The predicted octanol–water partition coefficient (Wildman–Crippen LogP) is 3.94. The Morgan fingerprint density at radius 1 is 1.14 bits per heavy atom. The molecule has 3 N–H and O–H groups in total. The highest BCUT2D eigenvalue weighted by molar-refractivity contribution is 5.95. The van der Waals surface area contributed by atoms with Gasteiger partial charge in [-0.05, 0) is 61.9 Å². The van der Waals surface area contributed by atoms with E-state index in [2.05, 4.69) is 29.5 Å². The molecule has 0 radical (unpaired) electrons. The Morgan fingerprint density at radius 2 is 1.93 bits per heavy atom. The molecule has 1 aromatic heterocycles. The molecule has 144 valence electrons. The van der Waals surface area contributed by atoms with E-state index < -0.39 is 0 Å². The van der Waals surface area contributed by atoms with Crippen LogP contribution in [0.25, 0.3) is 0 Å². The minimum Gasteiger partial charge on any atom is -0.382 e. The van der Waals surface area contributed by atoms with Crippen LogP contribution in [0.1, 0.15) is 52.0 Å². The van der Waals surface area contributed by atoms with Crippen LogP contribution in [0, 0.1) is 13.8 Å². The van der Waals surface area contributed by atoms with Gasteiger partial charge in [0.15, 0.2) is 0 Å². The SMILES string of the molecule is Cc1ccccc1C1(NC(=O)c2cccc(Cn3nc(N)cc3C)c2)CCC1. The summed E-state index contributed by atoms with van der Waals surface area (Å²) in [7, 11) is 0. The van der Waals surface area contributed by atoms with Gasteiger partial charge in [-0.25, -0.2) is 0 Å². The van der Waals surface area contributed by atoms with Gasteiger partial charge in [-0.1, -0.05) is 36.4 Å². The van der Waals surface area contributed by atoms with E-state index in [4.69, 9.17) is 5.73 Å². The zero-order valence-electron chi connectivity index (χ0n) is 16.4. The molecule has 0 aliphatic heterocycles. The van der Waals surface area contributed by atoms with Gasteiger partial charge in [0.1, 0.15) is 5.82 Å². The second-order valence-electron chi connectivity index (χ2n) is 7.77. The summed E-state index contributed by atoms with van der Waals surface area (Å²) in [5, 5.41) is 7.63. The van der Waals surface area contributed by atoms with Crippen LogP contribution in [0.3, 0.4) is 0 Å². The molecule has 0 saturated heterocycles. The van der Waals surface area contributed by atoms with Gasteiger partial charge in [-0.15, -0.1) is 0 Å². The van der Waals surface area contributed by atoms with Crippen LogP contribution in [0.4, 0.5) is 5.82 Å². The fourth-order valence-corrected chi connectivity index (χ4v) is 4.07. The molecular formula is C23H26N4O. The van der Waals surface area contributed by atoms with Crippen LogP contribution >= 0.6 is 0 Å². The van der Waals surface area contributed by atoms with Crippen LogP contribution in [0.5, 0.6) is 0 Å². The molecule has 1 fully saturated rings. The highest BCUT2D eigenvalue weighted by Gasteiger charge is 2.40. The fraction of sp³-hybridized carbons (Fsp3) is 0.304. The highest BCUT2D eigenvalue weighted by atomic mass is 16.1. The molecule has 28 heavy (non-hydrogen) atoms. The largest absolute Gasteiger partial charge is 0.382 e. The maximum Gasteiger partial charge on any atom is 0.251 e. The molecule has 1 heterocycles. The summed E-state index contributed by atoms with van der Waals surface area (Å²) in [4.78, 5) is 13.1. The van der Waals surface area contributed by atoms with Gasteiger partial charge >= 0.3 is 0 Å². The van der Waals surface area contributed by atoms with Crippen LogP contribution in [-0.4, -0.2) is 15.7 Å². The monoisotopic (exact) mass is 374 g/mol. The van der Waals surface area contributed by atoms with Gasteiger partial charge in [0.25, 0.3) is 5.91 Å². The lowest BCUT2D eigenvalue weighted by molar-refractivity contribution is 0.0822. The van der Waals surface area contributed by atoms with E-state index in [-0.39, 0.29) is 11.4 Å². The number of carbonyl (C=O) groups is 1. The average Bonchev–Trinajstić information content (AvgIpc) is 2.96. The van der Waals surface area contributed by atoms with Crippen LogP contribution in [0.15, 0.2) is 54.6 Å². The Bertz CT molecular complexity index is 1020. The Morgan fingerprint density at radius 3 is 2.57 bits per heavy atom. The molecule has 0 unspecified atom stereocenters. The van der Waals surface area contributed by atoms with E-state index in [1.165, 1.54) is 11.1 Å². The summed E-state index contributed by atoms with van der Waals surface area (Å²) in [6.45, 7) is 4.68. The molecule has 1 aliphatic rings. The summed E-state index contributed by atoms with van der Waals surface area (Å²) in [5.41, 5.74) is 10.7. The molecule has 5 heteroatoms. The maximum atomic E-state index is 13.1. The molecule has 0 bridgehead atoms. The molecule has 2 aromatic carbocycles. The van der Waals surface area contributed by atoms with Crippen molar-refractivity contribution in [3.63, 3.8) is 0 Å². The number of aromatic nitrogens is 2. The van der Waals surface area contributed by atoms with Gasteiger partial charge in [-0.2, -0.15) is 5.10 Å². The molecule has 3 aromatic rings. The Labute approximate surface area is 165 Å². The molecule has 0 atom stereocenters. The number of amides is 1. The first-order chi connectivity index (χ1) is 13.5. The lowest BCUT2D eigenvalue weighted by Crippen LogP contribution is -2.51. The lowest BCUT2D eigenvalue weighted by atomic mass is 9.70. The van der Waals surface area contributed by atoms with E-state index in [0.29, 0.717) is 17.9 Å². The lowest BCUT2D eigenvalue weighted by Gasteiger charge is -2.44. The number of nitrogens with zero attached hydrogens (tertiary/aromatic N) is 2. The number of rotatable bonds is 5. The van der Waals surface area contributed by atoms with Crippen molar-refractivity contribution in [2.24, 2.45) is 0 Å². The van der Waals surface area contributed by atoms with Crippen molar-refractivity contribution in [1.82, 2.24) is 15.1 Å². The van der Waals surface area contributed by atoms with Crippen molar-refractivity contribution < 1.29 is 4.79 Å². The van der Waals surface area contributed by atoms with Crippen molar-refractivity contribution >= 4 is 11.7 Å². The van der Waals surface area contributed by atoms with Crippen LogP contribution < -0.4 is 11.1 Å². The number of aryl methyl sites for hydroxylation is 2. The van der Waals surface area contributed by atoms with E-state index in [9.17, 15) is 4.79 Å². The quantitative estimate of drug-likeness (QED) is 0.710. The zero-order chi connectivity index (χ0) is 19.7. The first-order valence-electron chi connectivity index (χ1n) is 9.74. The summed E-state index contributed by atoms with van der Waals surface area (Å²) in [6, 6.07) is 17.9. The Kier molecular flexibility index (Phi) is 4.67. The normalized spacial score (nSPS) is 15.1. The number of anilines is 1. The van der Waals surface area contributed by atoms with E-state index in [1.54, 1.807) is 0 Å². The third kappa shape index (κ3) is 3.40. The molecule has 1 amide bonds. The summed E-state index contributed by atoms with van der Waals surface area (Å²) in [5.74, 6) is 0.484. The number of nitrogen functional groups attached to an aromatic ring is 1. The van der Waals surface area contributed by atoms with Gasteiger partial charge in [0.05, 0.1) is 12.1 Å². The third-order valence-electron chi connectivity index (χ3n) is 5.74. The minimum absolute atomic E-state index is 0.0264. The maximum absolute atomic E-state index is 13.1. The first kappa shape index (κ1) is 18.3. The van der Waals surface area contributed by atoms with Gasteiger partial charge < -0.3 is 11.1 Å². The molecule has 0 spiro atoms. The smallest absolute Gasteiger partial charge is 0.251 e. The van der Waals surface area contributed by atoms with E-state index >= 15 is 0 Å². The number of hydrogen-bond acceptors (Lipinski definition) is 3. The third-order valence-corrected chi connectivity index (χ3v) is 5.74. The van der Waals surface area contributed by atoms with Crippen LogP contribution in [-0.2, 0) is 12.1 Å². The van der Waals surface area contributed by atoms with Gasteiger partial charge in [-0.3, -0.25) is 9.48 Å². The Hall–Kier alpha value is -3.08. The standard InChI is InChI=1S/C23H26N4O/c1-16-7-3-4-10-20(16)23(11-6-12-23)25-22(28)19-9-5-8-18(14-19)15-27-17(2)13-21(24)26-27/h3-5,7-10,13-14H,6,11-12,15H2,1-2H3,(H2,24,26)(H,25,28). The van der Waals surface area contributed by atoms with Crippen LogP contribution in [0.2, 0.25) is 0 Å². The summed E-state index contributed by atoms with van der Waals surface area (Å²) < 4.78 is 1.85. The molecule has 4 rings (SSSR count). The Balaban J connectivity index is 1.55. The van der Waals surface area contributed by atoms with E-state index in [0.717, 1.165) is 30.5 Å². The topological polar surface area (TPSA) is 72.9 Å². The number of hydrogen-bond donors (Lipinski definition) is 2. The zero-order valence-corrected chi connectivity index (χ0v) is 16.4. The molecular weight excluding hydrogens is 348 g/mol. The summed E-state index contributed by atoms with van der Waals surface area (Å²) in [6.07, 6.45) is 3.10. The minimum atomic E-state index is -0.245. The average molecular weight is 374 g/mol. The molecule has 1 saturated carbocycles. The van der Waals surface area contributed by atoms with Gasteiger partial charge in [0.2, 0.25) is 0 Å². The number of nitrogens with two attached hydrogens (primary N) is 1. The predicted molar refractivity (Wildman–Crippen MR) is 111 cm³/mol. The van der Waals surface area contributed by atoms with Crippen molar-refractivity contribution in [3.8, 4) is 0 Å². The summed E-state index contributed by atoms with van der Waals surface area (Å²) >= 11 is 0. The molecule has 5 nitrogen and oxygen atoms in total. The van der Waals surface area contributed by atoms with Crippen molar-refractivity contribution in [1.29, 1.82) is 0 Å². The van der Waals surface area contributed by atoms with Crippen molar-refractivity contribution in [2.75, 3.05) is 5.73 Å². The number of carbonyl (C=O) groups excluding carboxylic acids is 1. The molecule has 1 aliphatic carbocycles. The number of nitrogens with one attached hydrogen (secondary N) is 1. The fourth-order valence-electron chi connectivity index (χ4n) is 4.07. The number of benzene rings is 2. The second-order valence-corrected chi connectivity index (χ2v) is 7.77. The van der Waals surface area contributed by atoms with E-state index in [1.807, 2.05) is 54.1 Å². The van der Waals surface area contributed by atoms with Crippen molar-refractivity contribution in [2.45, 2.75) is 45.2 Å². The second kappa shape index (κ2) is 7.15.